The molecule has 0 radical (unpaired) electrons. The first-order valence-corrected chi connectivity index (χ1v) is 17.5. The van der Waals surface area contributed by atoms with Crippen LogP contribution in [0, 0.1) is 17.8 Å². The fourth-order valence-corrected chi connectivity index (χ4v) is 7.94. The van der Waals surface area contributed by atoms with Crippen LogP contribution in [0.25, 0.3) is 10.8 Å². The van der Waals surface area contributed by atoms with Crippen molar-refractivity contribution in [1.82, 2.24) is 19.9 Å². The molecule has 242 valence electrons. The van der Waals surface area contributed by atoms with Gasteiger partial charge in [0.25, 0.3) is 5.91 Å². The Kier molecular flexibility index (Phi) is 9.12. The Hall–Kier alpha value is -3.18. The Balaban J connectivity index is 1.28. The maximum Gasteiger partial charge on any atom is 0.258 e. The maximum absolute atomic E-state index is 14.1. The van der Waals surface area contributed by atoms with Crippen molar-refractivity contribution in [3.63, 3.8) is 0 Å². The topological polar surface area (TPSA) is 127 Å². The number of carbonyl (C=O) groups is 3. The van der Waals surface area contributed by atoms with Gasteiger partial charge in [0.1, 0.15) is 34.4 Å². The van der Waals surface area contributed by atoms with E-state index in [1.54, 1.807) is 30.3 Å². The van der Waals surface area contributed by atoms with E-state index in [0.717, 1.165) is 32.1 Å². The van der Waals surface area contributed by atoms with E-state index in [1.165, 1.54) is 0 Å². The number of fused-ring (bicyclic) bond motifs is 3. The van der Waals surface area contributed by atoms with Crippen molar-refractivity contribution in [1.29, 1.82) is 0 Å². The summed E-state index contributed by atoms with van der Waals surface area (Å²) >= 11 is 6.50. The number of aromatic nitrogens is 1. The van der Waals surface area contributed by atoms with Crippen LogP contribution < -0.4 is 19.5 Å². The van der Waals surface area contributed by atoms with E-state index in [-0.39, 0.29) is 36.0 Å². The highest BCUT2D eigenvalue weighted by atomic mass is 35.5. The Labute approximate surface area is 271 Å². The highest BCUT2D eigenvalue weighted by Crippen LogP contribution is 2.46. The number of pyridine rings is 1. The molecule has 45 heavy (non-hydrogen) atoms. The van der Waals surface area contributed by atoms with Crippen molar-refractivity contribution >= 4 is 51.1 Å². The molecule has 2 aliphatic carbocycles. The number of hydrogen-bond acceptors (Lipinski definition) is 7. The number of allylic oxidation sites excluding steroid dienone is 1. The van der Waals surface area contributed by atoms with E-state index in [4.69, 9.17) is 21.1 Å². The normalized spacial score (nSPS) is 31.9. The van der Waals surface area contributed by atoms with E-state index in [1.807, 2.05) is 12.1 Å². The van der Waals surface area contributed by atoms with E-state index in [0.29, 0.717) is 46.2 Å². The standard InChI is InChI=1S/C33H41ClN4O6S/c1-19-6-4-7-20(2)14-28(39)38-18-22(44-31-24-8-5-9-25(34)29(24)27(43-3)17-35-31)15-26(38)30(40)36-33(16-21(33)11-10-19)32(41)37-45(42)23-12-13-23/h5,8-11,17,19-23,26H,4,6-7,12-16,18H2,1-3H3,(H,36,40)(H,37,41)/b11-10-/t19-,20-,21-,22-,26+,33-,45?/m1/s1. The molecule has 0 bridgehead atoms. The lowest BCUT2D eigenvalue weighted by atomic mass is 9.95. The molecule has 6 rings (SSSR count). The van der Waals surface area contributed by atoms with Crippen LogP contribution >= 0.6 is 11.6 Å². The fourth-order valence-electron chi connectivity index (χ4n) is 6.58. The molecule has 1 saturated heterocycles. The number of hydrogen-bond donors (Lipinski definition) is 2. The molecule has 2 N–H and O–H groups in total. The first-order chi connectivity index (χ1) is 21.6. The lowest BCUT2D eigenvalue weighted by molar-refractivity contribution is -0.140. The maximum atomic E-state index is 14.1. The molecule has 3 fully saturated rings. The number of ether oxygens (including phenoxy) is 2. The molecule has 1 aromatic heterocycles. The molecule has 2 saturated carbocycles. The zero-order valence-corrected chi connectivity index (χ0v) is 27.5. The second kappa shape index (κ2) is 12.9. The largest absolute Gasteiger partial charge is 0.494 e. The minimum Gasteiger partial charge on any atom is -0.494 e. The molecule has 12 heteroatoms. The Morgan fingerprint density at radius 3 is 2.73 bits per heavy atom. The zero-order valence-electron chi connectivity index (χ0n) is 25.9. The first-order valence-electron chi connectivity index (χ1n) is 15.9. The molecule has 3 heterocycles. The quantitative estimate of drug-likeness (QED) is 0.440. The minimum absolute atomic E-state index is 0.0311. The van der Waals surface area contributed by atoms with Crippen molar-refractivity contribution in [2.24, 2.45) is 17.8 Å². The molecular formula is C33H41ClN4O6S. The minimum atomic E-state index is -1.49. The molecule has 4 aliphatic rings. The van der Waals surface area contributed by atoms with Crippen LogP contribution in [0.15, 0.2) is 36.5 Å². The van der Waals surface area contributed by atoms with Crippen LogP contribution in [0.3, 0.4) is 0 Å². The summed E-state index contributed by atoms with van der Waals surface area (Å²) in [7, 11) is 0.0615. The number of rotatable bonds is 6. The molecule has 1 aromatic carbocycles. The number of halogens is 1. The average molecular weight is 657 g/mol. The van der Waals surface area contributed by atoms with Crippen molar-refractivity contribution < 1.29 is 28.1 Å². The van der Waals surface area contributed by atoms with Gasteiger partial charge in [0.2, 0.25) is 17.7 Å². The van der Waals surface area contributed by atoms with Crippen LogP contribution in [0.4, 0.5) is 0 Å². The molecule has 2 aromatic rings. The van der Waals surface area contributed by atoms with Gasteiger partial charge in [0, 0.05) is 29.5 Å². The van der Waals surface area contributed by atoms with Crippen LogP contribution in [0.2, 0.25) is 5.02 Å². The second-order valence-electron chi connectivity index (χ2n) is 13.1. The van der Waals surface area contributed by atoms with E-state index >= 15 is 0 Å². The SMILES string of the molecule is COc1cnc(O[C@@H]2C[C@H]3C(=O)N[C@]4(C(=O)NS(=O)C5CC5)C[C@H]4/C=C\[C@H](C)CCC[C@@H](C)CC(=O)N3C2)c2cccc(Cl)c12. The number of carbonyl (C=O) groups excluding carboxylic acids is 3. The fraction of sp³-hybridized carbons (Fsp3) is 0.576. The van der Waals surface area contributed by atoms with Gasteiger partial charge in [0.15, 0.2) is 0 Å². The third kappa shape index (κ3) is 6.70. The Morgan fingerprint density at radius 2 is 1.98 bits per heavy atom. The molecule has 1 unspecified atom stereocenters. The number of benzene rings is 1. The van der Waals surface area contributed by atoms with Gasteiger partial charge in [-0.3, -0.25) is 19.1 Å². The molecule has 2 aliphatic heterocycles. The monoisotopic (exact) mass is 656 g/mol. The highest BCUT2D eigenvalue weighted by molar-refractivity contribution is 7.84. The molecule has 7 atom stereocenters. The van der Waals surface area contributed by atoms with E-state index in [9.17, 15) is 18.6 Å². The van der Waals surface area contributed by atoms with Gasteiger partial charge in [-0.2, -0.15) is 0 Å². The van der Waals surface area contributed by atoms with E-state index in [2.05, 4.69) is 34.9 Å². The lowest BCUT2D eigenvalue weighted by Crippen LogP contribution is -2.56. The van der Waals surface area contributed by atoms with Gasteiger partial charge in [-0.1, -0.05) is 56.5 Å². The summed E-state index contributed by atoms with van der Waals surface area (Å²) in [6.07, 6.45) is 10.6. The third-order valence-corrected chi connectivity index (χ3v) is 11.3. The number of amides is 3. The summed E-state index contributed by atoms with van der Waals surface area (Å²) in [5, 5.41) is 4.81. The van der Waals surface area contributed by atoms with Gasteiger partial charge in [0.05, 0.1) is 30.1 Å². The summed E-state index contributed by atoms with van der Waals surface area (Å²) in [6.45, 7) is 4.41. The van der Waals surface area contributed by atoms with Crippen molar-refractivity contribution in [2.45, 2.75) is 88.1 Å². The van der Waals surface area contributed by atoms with Gasteiger partial charge in [-0.25, -0.2) is 9.19 Å². The summed E-state index contributed by atoms with van der Waals surface area (Å²) in [4.78, 5) is 47.4. The molecule has 0 spiro atoms. The third-order valence-electron chi connectivity index (χ3n) is 9.51. The first kappa shape index (κ1) is 31.8. The van der Waals surface area contributed by atoms with Crippen molar-refractivity contribution in [2.75, 3.05) is 13.7 Å². The Bertz CT molecular complexity index is 1550. The Morgan fingerprint density at radius 1 is 1.18 bits per heavy atom. The lowest BCUT2D eigenvalue weighted by Gasteiger charge is -2.27. The van der Waals surface area contributed by atoms with E-state index < -0.39 is 40.5 Å². The number of nitrogens with zero attached hydrogens (tertiary/aromatic N) is 2. The zero-order chi connectivity index (χ0) is 31.9. The van der Waals surface area contributed by atoms with Crippen LogP contribution in [0.5, 0.6) is 11.6 Å². The van der Waals surface area contributed by atoms with Gasteiger partial charge >= 0.3 is 0 Å². The summed E-state index contributed by atoms with van der Waals surface area (Å²) in [5.41, 5.74) is -1.20. The average Bonchev–Trinajstić information content (AvgIpc) is 3.93. The van der Waals surface area contributed by atoms with Gasteiger partial charge < -0.3 is 19.7 Å². The molecular weight excluding hydrogens is 616 g/mol. The van der Waals surface area contributed by atoms with Gasteiger partial charge in [-0.05, 0) is 49.7 Å². The summed E-state index contributed by atoms with van der Waals surface area (Å²) < 4.78 is 27.2. The number of nitrogens with one attached hydrogen (secondary N) is 2. The van der Waals surface area contributed by atoms with Crippen molar-refractivity contribution in [3.05, 3.63) is 41.6 Å². The predicted molar refractivity (Wildman–Crippen MR) is 172 cm³/mol. The predicted octanol–water partition coefficient (Wildman–Crippen LogP) is 4.46. The summed E-state index contributed by atoms with van der Waals surface area (Å²) in [5.74, 6) is 0.113. The molecule has 10 nitrogen and oxygen atoms in total. The van der Waals surface area contributed by atoms with Crippen LogP contribution in [0.1, 0.15) is 65.2 Å². The van der Waals surface area contributed by atoms with Crippen LogP contribution in [-0.2, 0) is 25.4 Å². The second-order valence-corrected chi connectivity index (χ2v) is 15.0. The number of methoxy groups -OCH3 is 1. The summed E-state index contributed by atoms with van der Waals surface area (Å²) in [6, 6.07) is 4.57. The highest BCUT2D eigenvalue weighted by Gasteiger charge is 2.61. The molecule has 3 amide bonds. The van der Waals surface area contributed by atoms with Gasteiger partial charge in [-0.15, -0.1) is 0 Å². The van der Waals surface area contributed by atoms with Crippen LogP contribution in [-0.4, -0.2) is 68.4 Å². The smallest absolute Gasteiger partial charge is 0.258 e. The van der Waals surface area contributed by atoms with Crippen molar-refractivity contribution in [3.8, 4) is 11.6 Å².